The van der Waals surface area contributed by atoms with E-state index in [4.69, 9.17) is 0 Å². The lowest BCUT2D eigenvalue weighted by molar-refractivity contribution is 0.128. The molecule has 1 aromatic rings. The Kier molecular flexibility index (Phi) is 2.13. The van der Waals surface area contributed by atoms with Crippen LogP contribution < -0.4 is 0 Å². The number of nitrogens with zero attached hydrogens (tertiary/aromatic N) is 1. The Bertz CT molecular complexity index is 238. The van der Waals surface area contributed by atoms with Gasteiger partial charge in [0.15, 0.2) is 0 Å². The van der Waals surface area contributed by atoms with Crippen LogP contribution in [-0.2, 0) is 0 Å². The van der Waals surface area contributed by atoms with Gasteiger partial charge in [0, 0.05) is 6.04 Å². The van der Waals surface area contributed by atoms with Crippen LogP contribution in [0.2, 0.25) is 0 Å². The molecule has 0 aliphatic carbocycles. The first-order valence-corrected chi connectivity index (χ1v) is 4.67. The van der Waals surface area contributed by atoms with Gasteiger partial charge >= 0.3 is 0 Å². The van der Waals surface area contributed by atoms with Gasteiger partial charge in [0.1, 0.15) is 0 Å². The van der Waals surface area contributed by atoms with Crippen molar-refractivity contribution in [3.63, 3.8) is 0 Å². The molecule has 0 radical (unpaired) electrons. The van der Waals surface area contributed by atoms with Gasteiger partial charge in [0.2, 0.25) is 0 Å². The van der Waals surface area contributed by atoms with Crippen molar-refractivity contribution < 1.29 is 0 Å². The third-order valence-corrected chi connectivity index (χ3v) is 2.72. The molecule has 2 rings (SSSR count). The molecule has 1 unspecified atom stereocenters. The highest BCUT2D eigenvalue weighted by atomic mass is 15.2. The van der Waals surface area contributed by atoms with Gasteiger partial charge in [-0.1, -0.05) is 30.3 Å². The number of likely N-dealkylation sites (tertiary alicyclic amines) is 1. The summed E-state index contributed by atoms with van der Waals surface area (Å²) in [7, 11) is 0. The van der Waals surface area contributed by atoms with E-state index in [-0.39, 0.29) is 0 Å². The van der Waals surface area contributed by atoms with Crippen molar-refractivity contribution in [2.45, 2.75) is 19.4 Å². The van der Waals surface area contributed by atoms with Crippen molar-refractivity contribution in [2.75, 3.05) is 13.1 Å². The maximum absolute atomic E-state index is 2.51. The zero-order valence-corrected chi connectivity index (χ0v) is 7.53. The van der Waals surface area contributed by atoms with Gasteiger partial charge < -0.3 is 0 Å². The second-order valence-corrected chi connectivity index (χ2v) is 3.48. The van der Waals surface area contributed by atoms with Gasteiger partial charge in [-0.15, -0.1) is 0 Å². The minimum atomic E-state index is 0.611. The highest BCUT2D eigenvalue weighted by molar-refractivity contribution is 5.18. The van der Waals surface area contributed by atoms with Crippen molar-refractivity contribution >= 4 is 0 Å². The minimum absolute atomic E-state index is 0.611. The molecular weight excluding hydrogens is 146 g/mol. The van der Waals surface area contributed by atoms with Crippen LogP contribution in [0.3, 0.4) is 0 Å². The summed E-state index contributed by atoms with van der Waals surface area (Å²) in [6.45, 7) is 4.83. The normalized spacial score (nSPS) is 20.1. The van der Waals surface area contributed by atoms with E-state index in [1.165, 1.54) is 25.1 Å². The van der Waals surface area contributed by atoms with Gasteiger partial charge in [-0.05, 0) is 32.0 Å². The van der Waals surface area contributed by atoms with Gasteiger partial charge in [-0.3, -0.25) is 4.90 Å². The first-order chi connectivity index (χ1) is 5.88. The van der Waals surface area contributed by atoms with Crippen molar-refractivity contribution in [1.29, 1.82) is 0 Å². The molecule has 12 heavy (non-hydrogen) atoms. The van der Waals surface area contributed by atoms with Crippen LogP contribution in [0.5, 0.6) is 0 Å². The zero-order valence-electron chi connectivity index (χ0n) is 7.53. The van der Waals surface area contributed by atoms with E-state index in [0.717, 1.165) is 0 Å². The summed E-state index contributed by atoms with van der Waals surface area (Å²) >= 11 is 0. The molecule has 1 aromatic carbocycles. The van der Waals surface area contributed by atoms with E-state index in [2.05, 4.69) is 42.2 Å². The molecule has 0 aromatic heterocycles. The molecule has 1 saturated heterocycles. The summed E-state index contributed by atoms with van der Waals surface area (Å²) in [6, 6.07) is 11.3. The Morgan fingerprint density at radius 3 is 2.33 bits per heavy atom. The SMILES string of the molecule is CC(c1ccccc1)N1CCC1. The maximum atomic E-state index is 2.51. The van der Waals surface area contributed by atoms with E-state index < -0.39 is 0 Å². The Morgan fingerprint density at radius 2 is 1.83 bits per heavy atom. The summed E-state index contributed by atoms with van der Waals surface area (Å²) in [5.74, 6) is 0. The van der Waals surface area contributed by atoms with E-state index >= 15 is 0 Å². The second kappa shape index (κ2) is 3.28. The molecule has 1 nitrogen and oxygen atoms in total. The van der Waals surface area contributed by atoms with Gasteiger partial charge in [-0.2, -0.15) is 0 Å². The fraction of sp³-hybridized carbons (Fsp3) is 0.455. The molecule has 1 atom stereocenters. The standard InChI is InChI=1S/C11H15N/c1-10(12-8-5-9-12)11-6-3-2-4-7-11/h2-4,6-7,10H,5,8-9H2,1H3. The molecule has 0 bridgehead atoms. The molecule has 1 heteroatoms. The topological polar surface area (TPSA) is 3.24 Å². The average molecular weight is 161 g/mol. The predicted octanol–water partition coefficient (Wildman–Crippen LogP) is 2.45. The van der Waals surface area contributed by atoms with E-state index in [1.54, 1.807) is 0 Å². The fourth-order valence-electron chi connectivity index (χ4n) is 1.67. The van der Waals surface area contributed by atoms with Crippen LogP contribution >= 0.6 is 0 Å². The number of hydrogen-bond acceptors (Lipinski definition) is 1. The Balaban J connectivity index is 2.08. The quantitative estimate of drug-likeness (QED) is 0.644. The Labute approximate surface area is 74.0 Å². The van der Waals surface area contributed by atoms with Crippen molar-refractivity contribution in [3.05, 3.63) is 35.9 Å². The fourth-order valence-corrected chi connectivity index (χ4v) is 1.67. The monoisotopic (exact) mass is 161 g/mol. The largest absolute Gasteiger partial charge is 0.297 e. The molecule has 1 aliphatic rings. The Morgan fingerprint density at radius 1 is 1.17 bits per heavy atom. The molecule has 1 fully saturated rings. The maximum Gasteiger partial charge on any atom is 0.0319 e. The number of benzene rings is 1. The molecule has 1 aliphatic heterocycles. The first kappa shape index (κ1) is 7.81. The number of rotatable bonds is 2. The second-order valence-electron chi connectivity index (χ2n) is 3.48. The molecule has 64 valence electrons. The van der Waals surface area contributed by atoms with Crippen LogP contribution in [0.15, 0.2) is 30.3 Å². The first-order valence-electron chi connectivity index (χ1n) is 4.67. The smallest absolute Gasteiger partial charge is 0.0319 e. The third-order valence-electron chi connectivity index (χ3n) is 2.72. The van der Waals surface area contributed by atoms with E-state index in [0.29, 0.717) is 6.04 Å². The molecule has 0 saturated carbocycles. The highest BCUT2D eigenvalue weighted by Crippen LogP contribution is 2.24. The highest BCUT2D eigenvalue weighted by Gasteiger charge is 2.20. The van der Waals surface area contributed by atoms with Gasteiger partial charge in [0.25, 0.3) is 0 Å². The van der Waals surface area contributed by atoms with Gasteiger partial charge in [-0.25, -0.2) is 0 Å². The molecule has 1 heterocycles. The third kappa shape index (κ3) is 1.37. The summed E-state index contributed by atoms with van der Waals surface area (Å²) in [4.78, 5) is 2.51. The van der Waals surface area contributed by atoms with Crippen LogP contribution in [0, 0.1) is 0 Å². The predicted molar refractivity (Wildman–Crippen MR) is 51.0 cm³/mol. The van der Waals surface area contributed by atoms with Crippen molar-refractivity contribution in [2.24, 2.45) is 0 Å². The molecule has 0 N–H and O–H groups in total. The van der Waals surface area contributed by atoms with E-state index in [1.807, 2.05) is 0 Å². The van der Waals surface area contributed by atoms with Gasteiger partial charge in [0.05, 0.1) is 0 Å². The van der Waals surface area contributed by atoms with Crippen molar-refractivity contribution in [1.82, 2.24) is 4.90 Å². The zero-order chi connectivity index (χ0) is 8.39. The minimum Gasteiger partial charge on any atom is -0.297 e. The molecular formula is C11H15N. The lowest BCUT2D eigenvalue weighted by Gasteiger charge is -2.36. The summed E-state index contributed by atoms with van der Waals surface area (Å²) in [6.07, 6.45) is 1.37. The molecule has 0 amide bonds. The van der Waals surface area contributed by atoms with Crippen LogP contribution in [-0.4, -0.2) is 18.0 Å². The van der Waals surface area contributed by atoms with Crippen LogP contribution in [0.4, 0.5) is 0 Å². The number of hydrogen-bond donors (Lipinski definition) is 0. The van der Waals surface area contributed by atoms with E-state index in [9.17, 15) is 0 Å². The van der Waals surface area contributed by atoms with Crippen LogP contribution in [0.1, 0.15) is 24.9 Å². The molecule has 0 spiro atoms. The summed E-state index contributed by atoms with van der Waals surface area (Å²) in [5, 5.41) is 0. The Hall–Kier alpha value is -0.820. The lowest BCUT2D eigenvalue weighted by atomic mass is 10.0. The van der Waals surface area contributed by atoms with Crippen molar-refractivity contribution in [3.8, 4) is 0 Å². The average Bonchev–Trinajstić information content (AvgIpc) is 2.03. The summed E-state index contributed by atoms with van der Waals surface area (Å²) < 4.78 is 0. The summed E-state index contributed by atoms with van der Waals surface area (Å²) in [5.41, 5.74) is 1.44. The lowest BCUT2D eigenvalue weighted by Crippen LogP contribution is -2.38. The van der Waals surface area contributed by atoms with Crippen LogP contribution in [0.25, 0.3) is 0 Å².